The SMILES string of the molecule is COc1ccc([C@H]2C(C)=Cc3c2ccc(OC)c3OC(C)C)cc1. The normalized spacial score (nSPS) is 15.9. The minimum atomic E-state index is 0.0964. The molecule has 0 bridgehead atoms. The minimum Gasteiger partial charge on any atom is -0.497 e. The van der Waals surface area contributed by atoms with Crippen molar-refractivity contribution in [3.63, 3.8) is 0 Å². The number of allylic oxidation sites excluding steroid dienone is 1. The van der Waals surface area contributed by atoms with Gasteiger partial charge >= 0.3 is 0 Å². The summed E-state index contributed by atoms with van der Waals surface area (Å²) < 4.78 is 16.8. The Morgan fingerprint density at radius 1 is 0.917 bits per heavy atom. The van der Waals surface area contributed by atoms with Crippen LogP contribution in [0.15, 0.2) is 42.0 Å². The second-order valence-electron chi connectivity index (χ2n) is 6.36. The molecule has 3 rings (SSSR count). The van der Waals surface area contributed by atoms with E-state index in [2.05, 4.69) is 31.2 Å². The van der Waals surface area contributed by atoms with Crippen molar-refractivity contribution >= 4 is 6.08 Å². The Balaban J connectivity index is 2.08. The highest BCUT2D eigenvalue weighted by Crippen LogP contribution is 2.47. The average molecular weight is 324 g/mol. The quantitative estimate of drug-likeness (QED) is 0.771. The second-order valence-corrected chi connectivity index (χ2v) is 6.36. The molecule has 2 aromatic carbocycles. The van der Waals surface area contributed by atoms with E-state index >= 15 is 0 Å². The number of methoxy groups -OCH3 is 2. The van der Waals surface area contributed by atoms with Crippen molar-refractivity contribution in [3.05, 3.63) is 58.7 Å². The molecule has 126 valence electrons. The van der Waals surface area contributed by atoms with Gasteiger partial charge in [0.05, 0.1) is 20.3 Å². The van der Waals surface area contributed by atoms with Crippen molar-refractivity contribution in [3.8, 4) is 17.2 Å². The standard InChI is InChI=1S/C21H24O3/c1-13(2)24-21-18-12-14(3)20(17(18)10-11-19(21)23-5)15-6-8-16(22-4)9-7-15/h6-13,20H,1-5H3/t20-/m1/s1. The van der Waals surface area contributed by atoms with Crippen LogP contribution in [-0.4, -0.2) is 20.3 Å². The maximum atomic E-state index is 6.06. The summed E-state index contributed by atoms with van der Waals surface area (Å²) in [5, 5.41) is 0. The van der Waals surface area contributed by atoms with Gasteiger partial charge in [-0.2, -0.15) is 0 Å². The number of rotatable bonds is 5. The van der Waals surface area contributed by atoms with Crippen molar-refractivity contribution < 1.29 is 14.2 Å². The number of fused-ring (bicyclic) bond motifs is 1. The first-order valence-electron chi connectivity index (χ1n) is 8.24. The van der Waals surface area contributed by atoms with Crippen molar-refractivity contribution in [2.24, 2.45) is 0 Å². The topological polar surface area (TPSA) is 27.7 Å². The molecule has 1 atom stereocenters. The van der Waals surface area contributed by atoms with E-state index < -0.39 is 0 Å². The van der Waals surface area contributed by atoms with Crippen LogP contribution < -0.4 is 14.2 Å². The first-order valence-corrected chi connectivity index (χ1v) is 8.24. The largest absolute Gasteiger partial charge is 0.497 e. The van der Waals surface area contributed by atoms with Gasteiger partial charge in [-0.05, 0) is 50.1 Å². The fraction of sp³-hybridized carbons (Fsp3) is 0.333. The van der Waals surface area contributed by atoms with Gasteiger partial charge in [0.25, 0.3) is 0 Å². The smallest absolute Gasteiger partial charge is 0.169 e. The van der Waals surface area contributed by atoms with E-state index in [-0.39, 0.29) is 12.0 Å². The number of ether oxygens (including phenoxy) is 3. The summed E-state index contributed by atoms with van der Waals surface area (Å²) in [4.78, 5) is 0. The van der Waals surface area contributed by atoms with Crippen LogP contribution in [0.25, 0.3) is 6.08 Å². The lowest BCUT2D eigenvalue weighted by Gasteiger charge is -2.19. The fourth-order valence-electron chi connectivity index (χ4n) is 3.31. The lowest BCUT2D eigenvalue weighted by atomic mass is 9.89. The molecule has 1 aliphatic rings. The molecule has 2 aromatic rings. The number of benzene rings is 2. The Morgan fingerprint density at radius 3 is 2.21 bits per heavy atom. The van der Waals surface area contributed by atoms with Gasteiger partial charge in [0.2, 0.25) is 0 Å². The van der Waals surface area contributed by atoms with Crippen LogP contribution in [-0.2, 0) is 0 Å². The van der Waals surface area contributed by atoms with E-state index in [0.29, 0.717) is 0 Å². The summed E-state index contributed by atoms with van der Waals surface area (Å²) in [7, 11) is 3.37. The molecule has 24 heavy (non-hydrogen) atoms. The van der Waals surface area contributed by atoms with Crippen LogP contribution in [0.3, 0.4) is 0 Å². The van der Waals surface area contributed by atoms with E-state index in [1.165, 1.54) is 16.7 Å². The summed E-state index contributed by atoms with van der Waals surface area (Å²) in [5.74, 6) is 2.73. The van der Waals surface area contributed by atoms with Gasteiger partial charge in [-0.15, -0.1) is 0 Å². The maximum absolute atomic E-state index is 6.06. The van der Waals surface area contributed by atoms with Gasteiger partial charge in [0.15, 0.2) is 11.5 Å². The zero-order valence-corrected chi connectivity index (χ0v) is 14.9. The van der Waals surface area contributed by atoms with Crippen LogP contribution in [0.5, 0.6) is 17.2 Å². The van der Waals surface area contributed by atoms with Gasteiger partial charge in [-0.3, -0.25) is 0 Å². The third-order valence-electron chi connectivity index (χ3n) is 4.35. The molecule has 1 aliphatic carbocycles. The summed E-state index contributed by atoms with van der Waals surface area (Å²) in [5.41, 5.74) is 4.94. The van der Waals surface area contributed by atoms with Gasteiger partial charge in [-0.1, -0.05) is 29.8 Å². The van der Waals surface area contributed by atoms with E-state index in [0.717, 1.165) is 22.8 Å². The minimum absolute atomic E-state index is 0.0964. The van der Waals surface area contributed by atoms with E-state index in [4.69, 9.17) is 14.2 Å². The Hall–Kier alpha value is -2.42. The summed E-state index contributed by atoms with van der Waals surface area (Å²) >= 11 is 0. The van der Waals surface area contributed by atoms with Gasteiger partial charge < -0.3 is 14.2 Å². The highest BCUT2D eigenvalue weighted by Gasteiger charge is 2.28. The van der Waals surface area contributed by atoms with Gasteiger partial charge in [0.1, 0.15) is 5.75 Å². The molecule has 0 aliphatic heterocycles. The van der Waals surface area contributed by atoms with Crippen molar-refractivity contribution in [2.45, 2.75) is 32.8 Å². The fourth-order valence-corrected chi connectivity index (χ4v) is 3.31. The third-order valence-corrected chi connectivity index (χ3v) is 4.35. The number of hydrogen-bond acceptors (Lipinski definition) is 3. The predicted octanol–water partition coefficient (Wildman–Crippen LogP) is 5.04. The molecule has 3 heteroatoms. The molecule has 0 fully saturated rings. The molecule has 0 amide bonds. The van der Waals surface area contributed by atoms with E-state index in [1.807, 2.05) is 32.0 Å². The molecule has 0 radical (unpaired) electrons. The predicted molar refractivity (Wildman–Crippen MR) is 97.2 cm³/mol. The Bertz CT molecular complexity index is 757. The summed E-state index contributed by atoms with van der Waals surface area (Å²) in [6, 6.07) is 12.4. The van der Waals surface area contributed by atoms with Crippen LogP contribution in [0.1, 0.15) is 43.4 Å². The summed E-state index contributed by atoms with van der Waals surface area (Å²) in [6.45, 7) is 6.23. The van der Waals surface area contributed by atoms with Crippen molar-refractivity contribution in [2.75, 3.05) is 14.2 Å². The molecule has 0 N–H and O–H groups in total. The molecule has 0 saturated carbocycles. The van der Waals surface area contributed by atoms with E-state index in [9.17, 15) is 0 Å². The molecule has 3 nitrogen and oxygen atoms in total. The molecule has 0 aromatic heterocycles. The average Bonchev–Trinajstić information content (AvgIpc) is 2.91. The Labute approximate surface area is 143 Å². The van der Waals surface area contributed by atoms with E-state index in [1.54, 1.807) is 14.2 Å². The maximum Gasteiger partial charge on any atom is 0.169 e. The zero-order valence-electron chi connectivity index (χ0n) is 14.9. The first kappa shape index (κ1) is 16.4. The van der Waals surface area contributed by atoms with Crippen LogP contribution in [0.2, 0.25) is 0 Å². The molecule has 0 saturated heterocycles. The van der Waals surface area contributed by atoms with Crippen LogP contribution in [0.4, 0.5) is 0 Å². The molecule has 0 spiro atoms. The van der Waals surface area contributed by atoms with Crippen molar-refractivity contribution in [1.29, 1.82) is 0 Å². The van der Waals surface area contributed by atoms with Gasteiger partial charge in [-0.25, -0.2) is 0 Å². The molecule has 0 heterocycles. The number of hydrogen-bond donors (Lipinski definition) is 0. The van der Waals surface area contributed by atoms with Crippen LogP contribution in [0, 0.1) is 0 Å². The van der Waals surface area contributed by atoms with Gasteiger partial charge in [0, 0.05) is 11.5 Å². The Kier molecular flexibility index (Phi) is 4.52. The highest BCUT2D eigenvalue weighted by atomic mass is 16.5. The molecular formula is C21H24O3. The van der Waals surface area contributed by atoms with Crippen LogP contribution >= 0.6 is 0 Å². The lowest BCUT2D eigenvalue weighted by Crippen LogP contribution is -2.09. The molecule has 0 unspecified atom stereocenters. The third kappa shape index (κ3) is 2.86. The first-order chi connectivity index (χ1) is 11.5. The second kappa shape index (κ2) is 6.60. The molecular weight excluding hydrogens is 300 g/mol. The summed E-state index contributed by atoms with van der Waals surface area (Å²) in [6.07, 6.45) is 2.31. The monoisotopic (exact) mass is 324 g/mol. The van der Waals surface area contributed by atoms with Crippen molar-refractivity contribution in [1.82, 2.24) is 0 Å². The zero-order chi connectivity index (χ0) is 17.3. The Morgan fingerprint density at radius 2 is 1.62 bits per heavy atom. The highest BCUT2D eigenvalue weighted by molar-refractivity contribution is 5.76. The lowest BCUT2D eigenvalue weighted by molar-refractivity contribution is 0.229.